The molecule has 0 heterocycles. The second-order valence-corrected chi connectivity index (χ2v) is 7.37. The van der Waals surface area contributed by atoms with Crippen molar-refractivity contribution in [3.05, 3.63) is 89.0 Å². The van der Waals surface area contributed by atoms with Crippen LogP contribution in [0.5, 0.6) is 0 Å². The van der Waals surface area contributed by atoms with Crippen LogP contribution >= 0.6 is 0 Å². The maximum absolute atomic E-state index is 6.47. The Hall–Kier alpha value is -2.12. The summed E-state index contributed by atoms with van der Waals surface area (Å²) in [4.78, 5) is 0. The molecular weight excluding hydrogens is 314 g/mol. The maximum Gasteiger partial charge on any atom is 0.0404 e. The van der Waals surface area contributed by atoms with Gasteiger partial charge in [0.2, 0.25) is 0 Å². The third-order valence-corrected chi connectivity index (χ3v) is 5.28. The molecule has 2 rings (SSSR count). The first-order chi connectivity index (χ1) is 12.5. The maximum atomic E-state index is 6.47. The van der Waals surface area contributed by atoms with Crippen molar-refractivity contribution in [1.29, 1.82) is 0 Å². The molecule has 2 aromatic carbocycles. The number of benzene rings is 2. The van der Waals surface area contributed by atoms with Crippen molar-refractivity contribution in [3.8, 4) is 0 Å². The molecule has 0 aliphatic rings. The highest BCUT2D eigenvalue weighted by Gasteiger charge is 2.22. The van der Waals surface area contributed by atoms with Crippen LogP contribution in [0, 0.1) is 0 Å². The highest BCUT2D eigenvalue weighted by atomic mass is 14.7. The average molecular weight is 348 g/mol. The van der Waals surface area contributed by atoms with Gasteiger partial charge in [0, 0.05) is 5.54 Å². The molecule has 0 fully saturated rings. The van der Waals surface area contributed by atoms with Crippen LogP contribution in [0.4, 0.5) is 0 Å². The standard InChI is InChI=1S/C25H33N/c1-5-25(26,6-2)24-18-14-22(15-19-24)11-9-7-8-10-21-12-16-23(17-13-21)20(3)4/h7-10,12-20H,5-6,11,26H2,1-4H3/b9-7+,10-8+. The van der Waals surface area contributed by atoms with Crippen LogP contribution in [0.25, 0.3) is 6.08 Å². The first kappa shape index (κ1) is 20.2. The van der Waals surface area contributed by atoms with Gasteiger partial charge in [0.25, 0.3) is 0 Å². The van der Waals surface area contributed by atoms with Gasteiger partial charge in [0.05, 0.1) is 0 Å². The molecule has 0 bridgehead atoms. The molecular formula is C25H33N. The number of hydrogen-bond donors (Lipinski definition) is 1. The van der Waals surface area contributed by atoms with Crippen molar-refractivity contribution >= 4 is 6.08 Å². The predicted octanol–water partition coefficient (Wildman–Crippen LogP) is 6.60. The summed E-state index contributed by atoms with van der Waals surface area (Å²) < 4.78 is 0. The Bertz CT molecular complexity index is 714. The first-order valence-electron chi connectivity index (χ1n) is 9.80. The summed E-state index contributed by atoms with van der Waals surface area (Å²) in [6.07, 6.45) is 11.4. The van der Waals surface area contributed by atoms with E-state index in [4.69, 9.17) is 5.73 Å². The fourth-order valence-electron chi connectivity index (χ4n) is 3.07. The zero-order valence-electron chi connectivity index (χ0n) is 16.7. The number of rotatable bonds is 8. The molecule has 0 spiro atoms. The molecule has 0 radical (unpaired) electrons. The van der Waals surface area contributed by atoms with E-state index in [2.05, 4.69) is 101 Å². The minimum atomic E-state index is -0.192. The zero-order valence-corrected chi connectivity index (χ0v) is 16.7. The van der Waals surface area contributed by atoms with Crippen LogP contribution in [-0.2, 0) is 12.0 Å². The molecule has 2 aromatic rings. The lowest BCUT2D eigenvalue weighted by Gasteiger charge is -2.27. The third-order valence-electron chi connectivity index (χ3n) is 5.28. The Morgan fingerprint density at radius 3 is 2.04 bits per heavy atom. The first-order valence-corrected chi connectivity index (χ1v) is 9.80. The molecule has 0 saturated carbocycles. The second kappa shape index (κ2) is 9.54. The quantitative estimate of drug-likeness (QED) is 0.535. The molecule has 0 aromatic heterocycles. The van der Waals surface area contributed by atoms with Gasteiger partial charge in [-0.1, -0.05) is 101 Å². The largest absolute Gasteiger partial charge is 0.321 e. The van der Waals surface area contributed by atoms with Gasteiger partial charge in [-0.2, -0.15) is 0 Å². The van der Waals surface area contributed by atoms with Gasteiger partial charge in [-0.25, -0.2) is 0 Å². The highest BCUT2D eigenvalue weighted by molar-refractivity contribution is 5.51. The number of allylic oxidation sites excluding steroid dienone is 3. The lowest BCUT2D eigenvalue weighted by molar-refractivity contribution is 0.412. The predicted molar refractivity (Wildman–Crippen MR) is 115 cm³/mol. The fraction of sp³-hybridized carbons (Fsp3) is 0.360. The molecule has 0 unspecified atom stereocenters. The van der Waals surface area contributed by atoms with E-state index in [1.165, 1.54) is 22.3 Å². The second-order valence-electron chi connectivity index (χ2n) is 7.37. The Kier molecular flexibility index (Phi) is 7.41. The minimum Gasteiger partial charge on any atom is -0.321 e. The van der Waals surface area contributed by atoms with E-state index in [0.29, 0.717) is 5.92 Å². The topological polar surface area (TPSA) is 26.0 Å². The smallest absolute Gasteiger partial charge is 0.0404 e. The monoisotopic (exact) mass is 347 g/mol. The van der Waals surface area contributed by atoms with Crippen molar-refractivity contribution < 1.29 is 0 Å². The van der Waals surface area contributed by atoms with E-state index in [0.717, 1.165) is 19.3 Å². The molecule has 138 valence electrons. The molecule has 0 aliphatic heterocycles. The molecule has 0 amide bonds. The average Bonchev–Trinajstić information content (AvgIpc) is 2.68. The number of hydrogen-bond acceptors (Lipinski definition) is 1. The summed E-state index contributed by atoms with van der Waals surface area (Å²) in [5.41, 5.74) is 11.4. The van der Waals surface area contributed by atoms with Gasteiger partial charge in [0.1, 0.15) is 0 Å². The van der Waals surface area contributed by atoms with Crippen molar-refractivity contribution in [2.75, 3.05) is 0 Å². The van der Waals surface area contributed by atoms with Crippen LogP contribution in [0.2, 0.25) is 0 Å². The third kappa shape index (κ3) is 5.44. The minimum absolute atomic E-state index is 0.192. The SMILES string of the molecule is CCC(N)(CC)c1ccc(C/C=C/C=C/c2ccc(C(C)C)cc2)cc1. The van der Waals surface area contributed by atoms with E-state index in [-0.39, 0.29) is 5.54 Å². The van der Waals surface area contributed by atoms with E-state index in [1.807, 2.05) is 0 Å². The molecule has 1 nitrogen and oxygen atoms in total. The normalized spacial score (nSPS) is 12.5. The van der Waals surface area contributed by atoms with Crippen LogP contribution in [0.15, 0.2) is 66.8 Å². The van der Waals surface area contributed by atoms with Gasteiger partial charge < -0.3 is 5.73 Å². The molecule has 0 saturated heterocycles. The van der Waals surface area contributed by atoms with E-state index in [9.17, 15) is 0 Å². The number of nitrogens with two attached hydrogens (primary N) is 1. The molecule has 2 N–H and O–H groups in total. The summed E-state index contributed by atoms with van der Waals surface area (Å²) in [5, 5.41) is 0. The molecule has 0 atom stereocenters. The molecule has 26 heavy (non-hydrogen) atoms. The van der Waals surface area contributed by atoms with E-state index >= 15 is 0 Å². The lowest BCUT2D eigenvalue weighted by Crippen LogP contribution is -2.34. The van der Waals surface area contributed by atoms with Crippen LogP contribution in [0.1, 0.15) is 68.7 Å². The molecule has 0 aliphatic carbocycles. The Balaban J connectivity index is 1.90. The van der Waals surface area contributed by atoms with Gasteiger partial charge in [-0.15, -0.1) is 0 Å². The van der Waals surface area contributed by atoms with Crippen molar-refractivity contribution in [3.63, 3.8) is 0 Å². The lowest BCUT2D eigenvalue weighted by atomic mass is 9.85. The van der Waals surface area contributed by atoms with Gasteiger partial charge in [-0.05, 0) is 47.4 Å². The van der Waals surface area contributed by atoms with Gasteiger partial charge in [-0.3, -0.25) is 0 Å². The summed E-state index contributed by atoms with van der Waals surface area (Å²) in [5.74, 6) is 0.582. The van der Waals surface area contributed by atoms with Crippen LogP contribution in [-0.4, -0.2) is 0 Å². The van der Waals surface area contributed by atoms with Crippen molar-refractivity contribution in [1.82, 2.24) is 0 Å². The van der Waals surface area contributed by atoms with Crippen molar-refractivity contribution in [2.24, 2.45) is 5.73 Å². The summed E-state index contributed by atoms with van der Waals surface area (Å²) in [6, 6.07) is 17.5. The Labute approximate surface area is 159 Å². The van der Waals surface area contributed by atoms with E-state index in [1.54, 1.807) is 0 Å². The van der Waals surface area contributed by atoms with Gasteiger partial charge >= 0.3 is 0 Å². The van der Waals surface area contributed by atoms with Crippen LogP contribution in [0.3, 0.4) is 0 Å². The fourth-order valence-corrected chi connectivity index (χ4v) is 3.07. The summed E-state index contributed by atoms with van der Waals surface area (Å²) in [6.45, 7) is 8.75. The van der Waals surface area contributed by atoms with Crippen molar-refractivity contribution in [2.45, 2.75) is 58.4 Å². The van der Waals surface area contributed by atoms with Gasteiger partial charge in [0.15, 0.2) is 0 Å². The van der Waals surface area contributed by atoms with Crippen LogP contribution < -0.4 is 5.73 Å². The zero-order chi connectivity index (χ0) is 19.0. The Morgan fingerprint density at radius 2 is 1.50 bits per heavy atom. The summed E-state index contributed by atoms with van der Waals surface area (Å²) >= 11 is 0. The Morgan fingerprint density at radius 1 is 0.885 bits per heavy atom. The highest BCUT2D eigenvalue weighted by Crippen LogP contribution is 2.25. The summed E-state index contributed by atoms with van der Waals surface area (Å²) in [7, 11) is 0. The molecule has 1 heteroatoms. The van der Waals surface area contributed by atoms with E-state index < -0.39 is 0 Å².